The summed E-state index contributed by atoms with van der Waals surface area (Å²) in [5.41, 5.74) is 1.40. The number of benzene rings is 1. The first-order valence-electron chi connectivity index (χ1n) is 5.78. The molecule has 0 atom stereocenters. The van der Waals surface area contributed by atoms with E-state index in [2.05, 4.69) is 11.8 Å². The Morgan fingerprint density at radius 2 is 2.05 bits per heavy atom. The number of hydrogen-bond donors (Lipinski definition) is 1. The van der Waals surface area contributed by atoms with Gasteiger partial charge in [-0.1, -0.05) is 30.0 Å². The van der Waals surface area contributed by atoms with Gasteiger partial charge in [-0.3, -0.25) is 0 Å². The molecule has 0 spiro atoms. The maximum Gasteiger partial charge on any atom is 0.128 e. The highest BCUT2D eigenvalue weighted by molar-refractivity contribution is 7.10. The van der Waals surface area contributed by atoms with Gasteiger partial charge in [0.15, 0.2) is 0 Å². The summed E-state index contributed by atoms with van der Waals surface area (Å²) in [4.78, 5) is 0.984. The van der Waals surface area contributed by atoms with E-state index in [0.717, 1.165) is 10.4 Å². The van der Waals surface area contributed by atoms with Crippen molar-refractivity contribution in [3.8, 4) is 11.8 Å². The van der Waals surface area contributed by atoms with Crippen molar-refractivity contribution in [2.24, 2.45) is 0 Å². The molecule has 2 aromatic rings. The number of halogens is 1. The maximum absolute atomic E-state index is 13.4. The third-order valence-corrected chi connectivity index (χ3v) is 3.39. The van der Waals surface area contributed by atoms with Gasteiger partial charge in [-0.15, -0.1) is 11.3 Å². The summed E-state index contributed by atoms with van der Waals surface area (Å²) in [6.45, 7) is 0.463. The van der Waals surface area contributed by atoms with E-state index in [0.29, 0.717) is 12.2 Å². The fourth-order valence-electron chi connectivity index (χ4n) is 1.57. The first-order valence-corrected chi connectivity index (χ1v) is 6.66. The van der Waals surface area contributed by atoms with Gasteiger partial charge in [-0.25, -0.2) is 4.39 Å². The van der Waals surface area contributed by atoms with Gasteiger partial charge in [0.05, 0.1) is 13.2 Å². The predicted molar refractivity (Wildman–Crippen MR) is 73.2 cm³/mol. The van der Waals surface area contributed by atoms with E-state index in [1.165, 1.54) is 17.4 Å². The highest BCUT2D eigenvalue weighted by atomic mass is 32.1. The molecule has 0 aliphatic rings. The highest BCUT2D eigenvalue weighted by Crippen LogP contribution is 2.18. The second kappa shape index (κ2) is 7.05. The van der Waals surface area contributed by atoms with E-state index in [9.17, 15) is 4.39 Å². The first kappa shape index (κ1) is 13.8. The Morgan fingerprint density at radius 3 is 2.84 bits per heavy atom. The fourth-order valence-corrected chi connectivity index (χ4v) is 2.33. The molecule has 0 saturated heterocycles. The predicted octanol–water partition coefficient (Wildman–Crippen LogP) is 2.95. The average Bonchev–Trinajstić information content (AvgIpc) is 2.86. The van der Waals surface area contributed by atoms with Gasteiger partial charge < -0.3 is 9.84 Å². The lowest BCUT2D eigenvalue weighted by atomic mass is 10.2. The Hall–Kier alpha value is -1.67. The van der Waals surface area contributed by atoms with Gasteiger partial charge in [0.2, 0.25) is 0 Å². The van der Waals surface area contributed by atoms with E-state index < -0.39 is 0 Å². The molecule has 0 saturated carbocycles. The molecule has 1 aromatic heterocycles. The summed E-state index contributed by atoms with van der Waals surface area (Å²) in [6.07, 6.45) is 0. The lowest BCUT2D eigenvalue weighted by Crippen LogP contribution is -1.96. The van der Waals surface area contributed by atoms with E-state index in [1.807, 2.05) is 11.4 Å². The molecule has 0 aliphatic heterocycles. The molecule has 0 amide bonds. The van der Waals surface area contributed by atoms with Gasteiger partial charge in [-0.2, -0.15) is 0 Å². The third kappa shape index (κ3) is 3.90. The van der Waals surface area contributed by atoms with Gasteiger partial charge in [0.25, 0.3) is 0 Å². The molecule has 4 heteroatoms. The lowest BCUT2D eigenvalue weighted by Gasteiger charge is -2.04. The van der Waals surface area contributed by atoms with Crippen LogP contribution in [0.5, 0.6) is 0 Å². The standard InChI is InChI=1S/C15H13FO2S/c16-14-6-2-1-4-13(14)10-18-11-15-12(5-3-8-17)7-9-19-15/h1-2,4,6-7,9,17H,8,10-11H2. The highest BCUT2D eigenvalue weighted by Gasteiger charge is 2.04. The fraction of sp³-hybridized carbons (Fsp3) is 0.200. The molecule has 98 valence electrons. The molecule has 1 heterocycles. The minimum atomic E-state index is -0.256. The van der Waals surface area contributed by atoms with Gasteiger partial charge in [0, 0.05) is 16.0 Å². The molecule has 0 aliphatic carbocycles. The number of thiophene rings is 1. The molecule has 0 radical (unpaired) electrons. The molecule has 0 unspecified atom stereocenters. The third-order valence-electron chi connectivity index (χ3n) is 2.50. The second-order valence-electron chi connectivity index (χ2n) is 3.80. The van der Waals surface area contributed by atoms with E-state index in [1.54, 1.807) is 18.2 Å². The maximum atomic E-state index is 13.4. The van der Waals surface area contributed by atoms with Crippen LogP contribution in [0.15, 0.2) is 35.7 Å². The van der Waals surface area contributed by atoms with Crippen LogP contribution in [0.4, 0.5) is 4.39 Å². The lowest BCUT2D eigenvalue weighted by molar-refractivity contribution is 0.107. The normalized spacial score (nSPS) is 10.0. The number of aliphatic hydroxyl groups is 1. The van der Waals surface area contributed by atoms with E-state index in [-0.39, 0.29) is 19.0 Å². The van der Waals surface area contributed by atoms with E-state index >= 15 is 0 Å². The Bertz CT molecular complexity index is 595. The minimum Gasteiger partial charge on any atom is -0.384 e. The summed E-state index contributed by atoms with van der Waals surface area (Å²) < 4.78 is 18.9. The van der Waals surface area contributed by atoms with Crippen molar-refractivity contribution in [1.29, 1.82) is 0 Å². The van der Waals surface area contributed by atoms with Crippen molar-refractivity contribution in [2.75, 3.05) is 6.61 Å². The van der Waals surface area contributed by atoms with Crippen LogP contribution in [0.3, 0.4) is 0 Å². The monoisotopic (exact) mass is 276 g/mol. The zero-order valence-corrected chi connectivity index (χ0v) is 11.0. The van der Waals surface area contributed by atoms with E-state index in [4.69, 9.17) is 9.84 Å². The Kier molecular flexibility index (Phi) is 5.10. The van der Waals surface area contributed by atoms with Gasteiger partial charge in [0.1, 0.15) is 12.4 Å². The molecule has 1 N–H and O–H groups in total. The largest absolute Gasteiger partial charge is 0.384 e. The Morgan fingerprint density at radius 1 is 1.21 bits per heavy atom. The van der Waals surface area contributed by atoms with Crippen LogP contribution in [-0.4, -0.2) is 11.7 Å². The van der Waals surface area contributed by atoms with Crippen LogP contribution in [0.1, 0.15) is 16.0 Å². The molecule has 0 bridgehead atoms. The van der Waals surface area contributed by atoms with Crippen LogP contribution in [0, 0.1) is 17.7 Å². The summed E-state index contributed by atoms with van der Waals surface area (Å²) in [5.74, 6) is 5.21. The Balaban J connectivity index is 1.93. The topological polar surface area (TPSA) is 29.5 Å². The van der Waals surface area contributed by atoms with Crippen LogP contribution in [0.25, 0.3) is 0 Å². The van der Waals surface area contributed by atoms with Gasteiger partial charge in [-0.05, 0) is 17.5 Å². The number of hydrogen-bond acceptors (Lipinski definition) is 3. The van der Waals surface area contributed by atoms with Crippen LogP contribution in [-0.2, 0) is 18.0 Å². The quantitative estimate of drug-likeness (QED) is 0.870. The van der Waals surface area contributed by atoms with Gasteiger partial charge >= 0.3 is 0 Å². The summed E-state index contributed by atoms with van der Waals surface area (Å²) in [6, 6.07) is 8.44. The molecule has 2 nitrogen and oxygen atoms in total. The van der Waals surface area contributed by atoms with Crippen LogP contribution in [0.2, 0.25) is 0 Å². The van der Waals surface area contributed by atoms with Crippen LogP contribution < -0.4 is 0 Å². The second-order valence-corrected chi connectivity index (χ2v) is 4.80. The number of rotatable bonds is 4. The van der Waals surface area contributed by atoms with Crippen molar-refractivity contribution >= 4 is 11.3 Å². The SMILES string of the molecule is OCC#Cc1ccsc1COCc1ccccc1F. The summed E-state index contributed by atoms with van der Waals surface area (Å²) >= 11 is 1.54. The molecule has 0 fully saturated rings. The van der Waals surface area contributed by atoms with Crippen LogP contribution >= 0.6 is 11.3 Å². The first-order chi connectivity index (χ1) is 9.31. The number of ether oxygens (including phenoxy) is 1. The average molecular weight is 276 g/mol. The number of aliphatic hydroxyl groups excluding tert-OH is 1. The zero-order valence-electron chi connectivity index (χ0n) is 10.2. The van der Waals surface area contributed by atoms with Crippen molar-refractivity contribution in [3.05, 3.63) is 57.5 Å². The molecule has 2 rings (SSSR count). The Labute approximate surface area is 115 Å². The summed E-state index contributed by atoms with van der Waals surface area (Å²) in [5, 5.41) is 10.6. The minimum absolute atomic E-state index is 0.161. The zero-order chi connectivity index (χ0) is 13.5. The molecular weight excluding hydrogens is 263 g/mol. The molecular formula is C15H13FO2S. The van der Waals surface area contributed by atoms with Crippen molar-refractivity contribution < 1.29 is 14.2 Å². The summed E-state index contributed by atoms with van der Waals surface area (Å²) in [7, 11) is 0. The van der Waals surface area contributed by atoms with Crippen molar-refractivity contribution in [2.45, 2.75) is 13.2 Å². The van der Waals surface area contributed by atoms with Crippen molar-refractivity contribution in [1.82, 2.24) is 0 Å². The smallest absolute Gasteiger partial charge is 0.128 e. The molecule has 19 heavy (non-hydrogen) atoms. The van der Waals surface area contributed by atoms with Crippen molar-refractivity contribution in [3.63, 3.8) is 0 Å². The molecule has 1 aromatic carbocycles.